The van der Waals surface area contributed by atoms with Crippen molar-refractivity contribution >= 4 is 23.3 Å². The lowest BCUT2D eigenvalue weighted by Crippen LogP contribution is -2.43. The third-order valence-electron chi connectivity index (χ3n) is 2.62. The van der Waals surface area contributed by atoms with Gasteiger partial charge >= 0.3 is 13.1 Å². The first-order valence-corrected chi connectivity index (χ1v) is 6.98. The fraction of sp³-hybridized carbons (Fsp3) is 0.875. The lowest BCUT2D eigenvalue weighted by Gasteiger charge is -2.24. The number of nitrogens with one attached hydrogen (secondary N) is 1. The Balaban J connectivity index is 4.31. The first kappa shape index (κ1) is 17.3. The van der Waals surface area contributed by atoms with Crippen LogP contribution in [0, 0.1) is 5.41 Å². The van der Waals surface area contributed by atoms with Gasteiger partial charge < -0.3 is 15.2 Å². The lowest BCUT2D eigenvalue weighted by molar-refractivity contribution is -0.147. The molecule has 0 rings (SSSR count). The van der Waals surface area contributed by atoms with Gasteiger partial charge in [-0.25, -0.2) is 9.86 Å². The van der Waals surface area contributed by atoms with E-state index in [-0.39, 0.29) is 19.3 Å². The third kappa shape index (κ3) is 7.61. The predicted octanol–water partition coefficient (Wildman–Crippen LogP) is -1.49. The van der Waals surface area contributed by atoms with Crippen molar-refractivity contribution in [1.29, 1.82) is 0 Å². The molecule has 0 heterocycles. The van der Waals surface area contributed by atoms with Crippen LogP contribution in [0.4, 0.5) is 0 Å². The molecule has 1 unspecified atom stereocenters. The SMILES string of the molecule is CC(CCCCB(O)O)(CNS(N)(=O)=O)C(=O)O. The molecular formula is C8H19BN2O6S. The van der Waals surface area contributed by atoms with E-state index in [9.17, 15) is 13.2 Å². The van der Waals surface area contributed by atoms with E-state index in [4.69, 9.17) is 20.3 Å². The van der Waals surface area contributed by atoms with Crippen LogP contribution in [-0.2, 0) is 15.0 Å². The summed E-state index contributed by atoms with van der Waals surface area (Å²) in [5, 5.41) is 31.1. The summed E-state index contributed by atoms with van der Waals surface area (Å²) in [6.07, 6.45) is 1.23. The molecule has 0 aliphatic heterocycles. The number of hydrogen-bond acceptors (Lipinski definition) is 5. The highest BCUT2D eigenvalue weighted by Crippen LogP contribution is 2.24. The molecule has 10 heteroatoms. The minimum Gasteiger partial charge on any atom is -0.481 e. The molecule has 18 heavy (non-hydrogen) atoms. The van der Waals surface area contributed by atoms with Crippen LogP contribution in [0.1, 0.15) is 26.2 Å². The smallest absolute Gasteiger partial charge is 0.451 e. The number of carbonyl (C=O) groups is 1. The number of carboxylic acids is 1. The van der Waals surface area contributed by atoms with Gasteiger partial charge in [0.05, 0.1) is 5.41 Å². The number of hydrogen-bond donors (Lipinski definition) is 5. The van der Waals surface area contributed by atoms with Crippen molar-refractivity contribution < 1.29 is 28.4 Å². The molecule has 0 aromatic carbocycles. The average molecular weight is 282 g/mol. The van der Waals surface area contributed by atoms with Gasteiger partial charge in [-0.1, -0.05) is 12.8 Å². The summed E-state index contributed by atoms with van der Waals surface area (Å²) < 4.78 is 23.4. The lowest BCUT2D eigenvalue weighted by atomic mass is 9.80. The molecule has 106 valence electrons. The molecule has 0 aromatic rings. The van der Waals surface area contributed by atoms with Gasteiger partial charge in [0.15, 0.2) is 0 Å². The number of aliphatic carboxylic acids is 1. The molecule has 0 aliphatic carbocycles. The maximum absolute atomic E-state index is 11.1. The zero-order valence-corrected chi connectivity index (χ0v) is 11.0. The molecule has 0 spiro atoms. The number of rotatable bonds is 9. The van der Waals surface area contributed by atoms with Crippen LogP contribution in [0.2, 0.25) is 6.32 Å². The topological polar surface area (TPSA) is 150 Å². The molecule has 1 atom stereocenters. The van der Waals surface area contributed by atoms with Gasteiger partial charge in [-0.05, 0) is 19.7 Å². The largest absolute Gasteiger partial charge is 0.481 e. The van der Waals surface area contributed by atoms with Crippen molar-refractivity contribution in [2.75, 3.05) is 6.54 Å². The summed E-state index contributed by atoms with van der Waals surface area (Å²) in [6, 6.07) is 0. The highest BCUT2D eigenvalue weighted by Gasteiger charge is 2.33. The first-order valence-electron chi connectivity index (χ1n) is 5.44. The van der Waals surface area contributed by atoms with E-state index in [1.54, 1.807) is 0 Å². The Morgan fingerprint density at radius 2 is 1.94 bits per heavy atom. The molecular weight excluding hydrogens is 263 g/mol. The highest BCUT2D eigenvalue weighted by molar-refractivity contribution is 7.87. The number of nitrogens with two attached hydrogens (primary N) is 1. The van der Waals surface area contributed by atoms with Gasteiger partial charge in [-0.3, -0.25) is 4.79 Å². The maximum Gasteiger partial charge on any atom is 0.451 e. The van der Waals surface area contributed by atoms with Crippen molar-refractivity contribution in [3.63, 3.8) is 0 Å². The Morgan fingerprint density at radius 1 is 1.39 bits per heavy atom. The van der Waals surface area contributed by atoms with Crippen LogP contribution in [0.3, 0.4) is 0 Å². The van der Waals surface area contributed by atoms with Crippen LogP contribution in [0.25, 0.3) is 0 Å². The fourth-order valence-electron chi connectivity index (χ4n) is 1.37. The van der Waals surface area contributed by atoms with Crippen LogP contribution in [0.5, 0.6) is 0 Å². The predicted molar refractivity (Wildman–Crippen MR) is 65.7 cm³/mol. The minimum absolute atomic E-state index is 0.151. The molecule has 0 saturated carbocycles. The molecule has 0 aromatic heterocycles. The Labute approximate surface area is 107 Å². The monoisotopic (exact) mass is 282 g/mol. The molecule has 0 fully saturated rings. The first-order chi connectivity index (χ1) is 8.07. The van der Waals surface area contributed by atoms with Gasteiger partial charge in [0.1, 0.15) is 0 Å². The number of unbranched alkanes of at least 4 members (excludes halogenated alkanes) is 1. The van der Waals surface area contributed by atoms with E-state index in [0.29, 0.717) is 12.8 Å². The molecule has 6 N–H and O–H groups in total. The Morgan fingerprint density at radius 3 is 2.33 bits per heavy atom. The average Bonchev–Trinajstić information content (AvgIpc) is 2.20. The van der Waals surface area contributed by atoms with Crippen molar-refractivity contribution in [3.8, 4) is 0 Å². The van der Waals surface area contributed by atoms with Gasteiger partial charge in [0, 0.05) is 6.54 Å². The van der Waals surface area contributed by atoms with Crippen LogP contribution in [0.15, 0.2) is 0 Å². The molecule has 0 saturated heterocycles. The van der Waals surface area contributed by atoms with E-state index in [1.807, 2.05) is 4.72 Å². The van der Waals surface area contributed by atoms with Crippen LogP contribution >= 0.6 is 0 Å². The second-order valence-electron chi connectivity index (χ2n) is 4.46. The Kier molecular flexibility index (Phi) is 6.78. The van der Waals surface area contributed by atoms with Crippen LogP contribution < -0.4 is 9.86 Å². The van der Waals surface area contributed by atoms with E-state index in [0.717, 1.165) is 0 Å². The second kappa shape index (κ2) is 7.05. The van der Waals surface area contributed by atoms with Gasteiger partial charge in [-0.15, -0.1) is 0 Å². The summed E-state index contributed by atoms with van der Waals surface area (Å²) in [7, 11) is -5.34. The molecule has 0 radical (unpaired) electrons. The van der Waals surface area contributed by atoms with Crippen molar-refractivity contribution in [1.82, 2.24) is 4.72 Å². The standard InChI is InChI=1S/C8H19BN2O6S/c1-8(7(12)13,6-11-18(10,16)17)4-2-3-5-9(14)15/h11,14-15H,2-6H2,1H3,(H,12,13)(H2,10,16,17). The molecule has 0 amide bonds. The van der Waals surface area contributed by atoms with Gasteiger partial charge in [-0.2, -0.15) is 8.42 Å². The van der Waals surface area contributed by atoms with E-state index < -0.39 is 28.7 Å². The summed E-state index contributed by atoms with van der Waals surface area (Å²) in [4.78, 5) is 11.1. The minimum atomic E-state index is -3.93. The zero-order chi connectivity index (χ0) is 14.4. The summed E-state index contributed by atoms with van der Waals surface area (Å²) in [6.45, 7) is 1.10. The quantitative estimate of drug-likeness (QED) is 0.257. The normalized spacial score (nSPS) is 15.1. The van der Waals surface area contributed by atoms with Crippen molar-refractivity contribution in [2.45, 2.75) is 32.5 Å². The summed E-state index contributed by atoms with van der Waals surface area (Å²) in [5.41, 5.74) is -1.27. The Hall–Kier alpha value is -0.675. The van der Waals surface area contributed by atoms with Crippen molar-refractivity contribution in [3.05, 3.63) is 0 Å². The maximum atomic E-state index is 11.1. The third-order valence-corrected chi connectivity index (χ3v) is 3.17. The Bertz CT molecular complexity index is 374. The van der Waals surface area contributed by atoms with Crippen molar-refractivity contribution in [2.24, 2.45) is 10.6 Å². The van der Waals surface area contributed by atoms with E-state index in [2.05, 4.69) is 0 Å². The molecule has 0 aliphatic rings. The zero-order valence-electron chi connectivity index (χ0n) is 10.2. The summed E-state index contributed by atoms with van der Waals surface area (Å²) in [5.74, 6) is -1.14. The van der Waals surface area contributed by atoms with E-state index in [1.165, 1.54) is 6.92 Å². The fourth-order valence-corrected chi connectivity index (χ4v) is 1.89. The van der Waals surface area contributed by atoms with Gasteiger partial charge in [0.2, 0.25) is 0 Å². The highest BCUT2D eigenvalue weighted by atomic mass is 32.2. The van der Waals surface area contributed by atoms with Gasteiger partial charge in [0.25, 0.3) is 10.2 Å². The van der Waals surface area contributed by atoms with E-state index >= 15 is 0 Å². The summed E-state index contributed by atoms with van der Waals surface area (Å²) >= 11 is 0. The number of carboxylic acid groups (broad SMARTS) is 1. The molecule has 8 nitrogen and oxygen atoms in total. The van der Waals surface area contributed by atoms with Crippen LogP contribution in [-0.4, -0.2) is 43.2 Å². The molecule has 0 bridgehead atoms. The second-order valence-corrected chi connectivity index (χ2v) is 5.84.